The second-order valence-corrected chi connectivity index (χ2v) is 2.78. The van der Waals surface area contributed by atoms with Crippen LogP contribution in [0.2, 0.25) is 0 Å². The molecule has 0 bridgehead atoms. The molecule has 0 aliphatic carbocycles. The van der Waals surface area contributed by atoms with Crippen molar-refractivity contribution in [2.24, 2.45) is 0 Å². The second-order valence-electron chi connectivity index (χ2n) is 2.78. The van der Waals surface area contributed by atoms with E-state index in [1.165, 1.54) is 0 Å². The van der Waals surface area contributed by atoms with Crippen molar-refractivity contribution in [2.75, 3.05) is 13.1 Å². The standard InChI is InChI=1S/C10H12N2.2ClH.Pd/c1-3-7-11(8-4-1)12-9-5-2-6-10-12;;;/h1-7,9H,8,10H2;2*1H;/q;;;+2/p-2. The molecule has 0 amide bonds. The minimum absolute atomic E-state index is 0. The Labute approximate surface area is 117 Å². The van der Waals surface area contributed by atoms with Crippen LogP contribution in [0.15, 0.2) is 48.9 Å². The van der Waals surface area contributed by atoms with Gasteiger partial charge in [-0.25, -0.2) is 0 Å². The molecule has 86 valence electrons. The predicted octanol–water partition coefficient (Wildman–Crippen LogP) is -4.32. The average Bonchev–Trinajstić information content (AvgIpc) is 2.21. The first-order valence-electron chi connectivity index (χ1n) is 4.17. The van der Waals surface area contributed by atoms with E-state index in [9.17, 15) is 0 Å². The van der Waals surface area contributed by atoms with E-state index in [0.29, 0.717) is 0 Å². The van der Waals surface area contributed by atoms with Crippen LogP contribution in [0, 0.1) is 0 Å². The van der Waals surface area contributed by atoms with E-state index >= 15 is 0 Å². The maximum Gasteiger partial charge on any atom is 2.00 e. The molecule has 0 N–H and O–H groups in total. The van der Waals surface area contributed by atoms with Crippen LogP contribution in [0.3, 0.4) is 0 Å². The molecule has 0 aromatic heterocycles. The van der Waals surface area contributed by atoms with Gasteiger partial charge in [-0.05, 0) is 12.2 Å². The number of hydrazine groups is 1. The summed E-state index contributed by atoms with van der Waals surface area (Å²) >= 11 is 0. The molecule has 2 nitrogen and oxygen atoms in total. The average molecular weight is 338 g/mol. The summed E-state index contributed by atoms with van der Waals surface area (Å²) in [7, 11) is 0. The van der Waals surface area contributed by atoms with Gasteiger partial charge in [-0.2, -0.15) is 0 Å². The summed E-state index contributed by atoms with van der Waals surface area (Å²) in [6, 6.07) is 0. The Bertz CT molecular complexity index is 247. The molecule has 0 unspecified atom stereocenters. The van der Waals surface area contributed by atoms with Crippen LogP contribution in [0.5, 0.6) is 0 Å². The van der Waals surface area contributed by atoms with Crippen LogP contribution in [0.25, 0.3) is 0 Å². The van der Waals surface area contributed by atoms with Crippen molar-refractivity contribution in [2.45, 2.75) is 0 Å². The topological polar surface area (TPSA) is 6.48 Å². The Hall–Kier alpha value is -0.198. The van der Waals surface area contributed by atoms with Gasteiger partial charge in [0, 0.05) is 12.4 Å². The number of hydrogen-bond acceptors (Lipinski definition) is 2. The van der Waals surface area contributed by atoms with Gasteiger partial charge in [0.2, 0.25) is 0 Å². The Morgan fingerprint density at radius 2 is 1.07 bits per heavy atom. The molecule has 2 rings (SSSR count). The monoisotopic (exact) mass is 336 g/mol. The number of hydrogen-bond donors (Lipinski definition) is 0. The molecule has 0 fully saturated rings. The quantitative estimate of drug-likeness (QED) is 0.447. The molecule has 0 aromatic rings. The van der Waals surface area contributed by atoms with Gasteiger partial charge < -0.3 is 24.8 Å². The van der Waals surface area contributed by atoms with Crippen LogP contribution in [-0.2, 0) is 20.4 Å². The molecule has 0 aromatic carbocycles. The fraction of sp³-hybridized carbons (Fsp3) is 0.200. The molecular formula is C10H12Cl2N2Pd. The van der Waals surface area contributed by atoms with E-state index in [0.717, 1.165) is 13.1 Å². The minimum Gasteiger partial charge on any atom is -1.00 e. The summed E-state index contributed by atoms with van der Waals surface area (Å²) < 4.78 is 0. The van der Waals surface area contributed by atoms with Gasteiger partial charge in [-0.1, -0.05) is 24.3 Å². The molecule has 0 radical (unpaired) electrons. The third-order valence-corrected chi connectivity index (χ3v) is 1.93. The van der Waals surface area contributed by atoms with Crippen LogP contribution < -0.4 is 24.8 Å². The van der Waals surface area contributed by atoms with Crippen molar-refractivity contribution in [3.05, 3.63) is 48.9 Å². The van der Waals surface area contributed by atoms with E-state index in [4.69, 9.17) is 0 Å². The molecule has 0 atom stereocenters. The minimum atomic E-state index is 0. The van der Waals surface area contributed by atoms with Crippen LogP contribution in [0.4, 0.5) is 0 Å². The first kappa shape index (κ1) is 17.2. The summed E-state index contributed by atoms with van der Waals surface area (Å²) in [5.74, 6) is 0. The van der Waals surface area contributed by atoms with Gasteiger partial charge in [0.05, 0.1) is 13.1 Å². The van der Waals surface area contributed by atoms with Crippen molar-refractivity contribution >= 4 is 0 Å². The Morgan fingerprint density at radius 1 is 0.667 bits per heavy atom. The molecule has 0 saturated heterocycles. The van der Waals surface area contributed by atoms with E-state index < -0.39 is 0 Å². The molecule has 0 saturated carbocycles. The maximum atomic E-state index is 2.18. The van der Waals surface area contributed by atoms with Crippen molar-refractivity contribution in [1.82, 2.24) is 10.0 Å². The predicted molar refractivity (Wildman–Crippen MR) is 50.0 cm³/mol. The Morgan fingerprint density at radius 3 is 1.33 bits per heavy atom. The van der Waals surface area contributed by atoms with Crippen molar-refractivity contribution in [1.29, 1.82) is 0 Å². The number of allylic oxidation sites excluding steroid dienone is 4. The van der Waals surface area contributed by atoms with E-state index in [1.54, 1.807) is 0 Å². The van der Waals surface area contributed by atoms with Gasteiger partial charge >= 0.3 is 20.4 Å². The first-order chi connectivity index (χ1) is 5.97. The van der Waals surface area contributed by atoms with Crippen LogP contribution in [-0.4, -0.2) is 23.1 Å². The third kappa shape index (κ3) is 4.90. The van der Waals surface area contributed by atoms with Gasteiger partial charge in [0.15, 0.2) is 0 Å². The molecule has 15 heavy (non-hydrogen) atoms. The fourth-order valence-electron chi connectivity index (χ4n) is 1.30. The Kier molecular flexibility index (Phi) is 10.4. The third-order valence-electron chi connectivity index (χ3n) is 1.93. The Balaban J connectivity index is 0. The summed E-state index contributed by atoms with van der Waals surface area (Å²) in [4.78, 5) is 0. The van der Waals surface area contributed by atoms with Gasteiger partial charge in [0.25, 0.3) is 0 Å². The smallest absolute Gasteiger partial charge is 1.00 e. The molecule has 2 aliphatic heterocycles. The molecule has 0 spiro atoms. The summed E-state index contributed by atoms with van der Waals surface area (Å²) in [6.07, 6.45) is 16.7. The SMILES string of the molecule is C1=CCN(N2C=CC=CC2)C=C1.[Cl-].[Cl-].[Pd+2]. The molecule has 2 heterocycles. The summed E-state index contributed by atoms with van der Waals surface area (Å²) in [5, 5.41) is 4.36. The number of halogens is 2. The normalized spacial score (nSPS) is 16.5. The van der Waals surface area contributed by atoms with Crippen molar-refractivity contribution in [3.8, 4) is 0 Å². The molecule has 2 aliphatic rings. The first-order valence-corrected chi connectivity index (χ1v) is 4.17. The summed E-state index contributed by atoms with van der Waals surface area (Å²) in [6.45, 7) is 1.93. The van der Waals surface area contributed by atoms with Crippen LogP contribution >= 0.6 is 0 Å². The van der Waals surface area contributed by atoms with Gasteiger partial charge in [-0.15, -0.1) is 0 Å². The molecular weight excluding hydrogens is 325 g/mol. The zero-order valence-electron chi connectivity index (χ0n) is 8.00. The zero-order chi connectivity index (χ0) is 8.23. The van der Waals surface area contributed by atoms with Crippen molar-refractivity contribution < 1.29 is 45.2 Å². The van der Waals surface area contributed by atoms with Gasteiger partial charge in [-0.3, -0.25) is 10.0 Å². The number of nitrogens with zero attached hydrogens (tertiary/aromatic N) is 2. The van der Waals surface area contributed by atoms with Gasteiger partial charge in [0.1, 0.15) is 0 Å². The van der Waals surface area contributed by atoms with E-state index in [2.05, 4.69) is 58.9 Å². The fourth-order valence-corrected chi connectivity index (χ4v) is 1.30. The number of rotatable bonds is 1. The van der Waals surface area contributed by atoms with E-state index in [1.807, 2.05) is 0 Å². The maximum absolute atomic E-state index is 2.18. The zero-order valence-corrected chi connectivity index (χ0v) is 11.1. The molecule has 5 heteroatoms. The van der Waals surface area contributed by atoms with Crippen molar-refractivity contribution in [3.63, 3.8) is 0 Å². The largest absolute Gasteiger partial charge is 2.00 e. The van der Waals surface area contributed by atoms with E-state index in [-0.39, 0.29) is 45.2 Å². The summed E-state index contributed by atoms with van der Waals surface area (Å²) in [5.41, 5.74) is 0. The second kappa shape index (κ2) is 9.06. The van der Waals surface area contributed by atoms with Crippen LogP contribution in [0.1, 0.15) is 0 Å².